The van der Waals surface area contributed by atoms with Crippen molar-refractivity contribution in [3.05, 3.63) is 23.0 Å². The second kappa shape index (κ2) is 5.56. The highest BCUT2D eigenvalue weighted by Gasteiger charge is 2.27. The van der Waals surface area contributed by atoms with E-state index in [9.17, 15) is 0 Å². The molecular formula is C13H22N4. The Hall–Kier alpha value is -1.00. The molecule has 0 bridgehead atoms. The maximum absolute atomic E-state index is 5.76. The molecule has 1 atom stereocenters. The summed E-state index contributed by atoms with van der Waals surface area (Å²) in [4.78, 5) is 0. The van der Waals surface area contributed by atoms with Crippen molar-refractivity contribution < 1.29 is 0 Å². The van der Waals surface area contributed by atoms with Crippen LogP contribution in [0.3, 0.4) is 0 Å². The van der Waals surface area contributed by atoms with Gasteiger partial charge in [-0.05, 0) is 43.7 Å². The van der Waals surface area contributed by atoms with Crippen molar-refractivity contribution in [3.8, 4) is 0 Å². The summed E-state index contributed by atoms with van der Waals surface area (Å²) in [6.45, 7) is 4.10. The first-order valence-electron chi connectivity index (χ1n) is 6.55. The summed E-state index contributed by atoms with van der Waals surface area (Å²) in [5.74, 6) is 6.41. The molecule has 4 nitrogen and oxygen atoms in total. The van der Waals surface area contributed by atoms with Gasteiger partial charge in [-0.25, -0.2) is 0 Å². The van der Waals surface area contributed by atoms with Gasteiger partial charge in [-0.15, -0.1) is 0 Å². The van der Waals surface area contributed by atoms with Crippen molar-refractivity contribution in [1.29, 1.82) is 0 Å². The van der Waals surface area contributed by atoms with Gasteiger partial charge in [-0.3, -0.25) is 11.3 Å². The molecule has 94 valence electrons. The average Bonchev–Trinajstić information content (AvgIpc) is 2.84. The number of nitrogens with one attached hydrogen (secondary N) is 1. The summed E-state index contributed by atoms with van der Waals surface area (Å²) in [7, 11) is 0. The van der Waals surface area contributed by atoms with E-state index < -0.39 is 0 Å². The van der Waals surface area contributed by atoms with E-state index in [2.05, 4.69) is 28.6 Å². The van der Waals surface area contributed by atoms with Gasteiger partial charge < -0.3 is 0 Å². The summed E-state index contributed by atoms with van der Waals surface area (Å²) >= 11 is 0. The Morgan fingerprint density at radius 2 is 2.12 bits per heavy atom. The highest BCUT2D eigenvalue weighted by molar-refractivity contribution is 5.25. The van der Waals surface area contributed by atoms with Gasteiger partial charge in [0.05, 0.1) is 17.4 Å². The topological polar surface area (TPSA) is 63.8 Å². The van der Waals surface area contributed by atoms with Gasteiger partial charge in [0.25, 0.3) is 0 Å². The standard InChI is InChI=1S/C13H22N4/c1-3-12-11(8-9(2)16-17-12)13(15-14)10-6-4-5-7-10/h8,10,13,15H,3-7,14H2,1-2H3. The van der Waals surface area contributed by atoms with Gasteiger partial charge in [-0.1, -0.05) is 19.8 Å². The summed E-state index contributed by atoms with van der Waals surface area (Å²) in [6, 6.07) is 2.37. The Morgan fingerprint density at radius 3 is 2.71 bits per heavy atom. The molecule has 0 radical (unpaired) electrons. The predicted octanol–water partition coefficient (Wildman–Crippen LogP) is 2.04. The summed E-state index contributed by atoms with van der Waals surface area (Å²) in [6.07, 6.45) is 6.08. The van der Waals surface area contributed by atoms with Gasteiger partial charge in [0, 0.05) is 0 Å². The fraction of sp³-hybridized carbons (Fsp3) is 0.692. The van der Waals surface area contributed by atoms with Gasteiger partial charge >= 0.3 is 0 Å². The minimum absolute atomic E-state index is 0.238. The van der Waals surface area contributed by atoms with E-state index >= 15 is 0 Å². The Kier molecular flexibility index (Phi) is 4.07. The van der Waals surface area contributed by atoms with E-state index in [0.717, 1.165) is 17.8 Å². The molecule has 3 N–H and O–H groups in total. The van der Waals surface area contributed by atoms with Crippen molar-refractivity contribution in [2.24, 2.45) is 11.8 Å². The van der Waals surface area contributed by atoms with Crippen molar-refractivity contribution in [2.75, 3.05) is 0 Å². The smallest absolute Gasteiger partial charge is 0.0676 e. The molecule has 1 aliphatic carbocycles. The normalized spacial score (nSPS) is 18.5. The molecule has 1 aromatic heterocycles. The first kappa shape index (κ1) is 12.5. The van der Waals surface area contributed by atoms with Gasteiger partial charge in [-0.2, -0.15) is 10.2 Å². The second-order valence-corrected chi connectivity index (χ2v) is 4.93. The Labute approximate surface area is 103 Å². The monoisotopic (exact) mass is 234 g/mol. The minimum Gasteiger partial charge on any atom is -0.271 e. The van der Waals surface area contributed by atoms with Crippen LogP contribution in [-0.4, -0.2) is 10.2 Å². The largest absolute Gasteiger partial charge is 0.271 e. The fourth-order valence-corrected chi connectivity index (χ4v) is 2.85. The molecule has 1 heterocycles. The van der Waals surface area contributed by atoms with Gasteiger partial charge in [0.15, 0.2) is 0 Å². The Balaban J connectivity index is 2.31. The number of hydrogen-bond acceptors (Lipinski definition) is 4. The molecular weight excluding hydrogens is 212 g/mol. The van der Waals surface area contributed by atoms with E-state index in [1.165, 1.54) is 31.2 Å². The lowest BCUT2D eigenvalue weighted by atomic mass is 9.90. The van der Waals surface area contributed by atoms with Crippen LogP contribution < -0.4 is 11.3 Å². The average molecular weight is 234 g/mol. The van der Waals surface area contributed by atoms with E-state index in [-0.39, 0.29) is 6.04 Å². The molecule has 1 unspecified atom stereocenters. The molecule has 0 aromatic carbocycles. The zero-order chi connectivity index (χ0) is 12.3. The van der Waals surface area contributed by atoms with Crippen LogP contribution in [-0.2, 0) is 6.42 Å². The number of aryl methyl sites for hydroxylation is 2. The van der Waals surface area contributed by atoms with Crippen LogP contribution in [0.2, 0.25) is 0 Å². The zero-order valence-electron chi connectivity index (χ0n) is 10.7. The predicted molar refractivity (Wildman–Crippen MR) is 68.2 cm³/mol. The van der Waals surface area contributed by atoms with Crippen molar-refractivity contribution in [1.82, 2.24) is 15.6 Å². The molecule has 1 fully saturated rings. The molecule has 1 aromatic rings. The molecule has 0 spiro atoms. The highest BCUT2D eigenvalue weighted by Crippen LogP contribution is 2.36. The van der Waals surface area contributed by atoms with Crippen LogP contribution >= 0.6 is 0 Å². The van der Waals surface area contributed by atoms with Gasteiger partial charge in [0.2, 0.25) is 0 Å². The Morgan fingerprint density at radius 1 is 1.41 bits per heavy atom. The SMILES string of the molecule is CCc1nnc(C)cc1C(NN)C1CCCC1. The number of hydrogen-bond donors (Lipinski definition) is 2. The molecule has 0 saturated heterocycles. The van der Waals surface area contributed by atoms with Gasteiger partial charge in [0.1, 0.15) is 0 Å². The number of hydrazine groups is 1. The number of rotatable bonds is 4. The number of nitrogens with zero attached hydrogens (tertiary/aromatic N) is 2. The quantitative estimate of drug-likeness (QED) is 0.618. The maximum Gasteiger partial charge on any atom is 0.0676 e. The first-order valence-corrected chi connectivity index (χ1v) is 6.55. The maximum atomic E-state index is 5.76. The lowest BCUT2D eigenvalue weighted by Crippen LogP contribution is -2.33. The molecule has 1 saturated carbocycles. The van der Waals surface area contributed by atoms with Crippen molar-refractivity contribution >= 4 is 0 Å². The number of aromatic nitrogens is 2. The molecule has 0 amide bonds. The van der Waals surface area contributed by atoms with E-state index in [1.54, 1.807) is 0 Å². The highest BCUT2D eigenvalue weighted by atomic mass is 15.2. The fourth-order valence-electron chi connectivity index (χ4n) is 2.85. The minimum atomic E-state index is 0.238. The van der Waals surface area contributed by atoms with Crippen LogP contribution in [0.25, 0.3) is 0 Å². The summed E-state index contributed by atoms with van der Waals surface area (Å²) in [5.41, 5.74) is 6.28. The molecule has 1 aliphatic rings. The molecule has 0 aliphatic heterocycles. The van der Waals surface area contributed by atoms with Crippen LogP contribution in [0.1, 0.15) is 55.6 Å². The molecule has 4 heteroatoms. The molecule has 2 rings (SSSR count). The van der Waals surface area contributed by atoms with Crippen LogP contribution in [0.5, 0.6) is 0 Å². The van der Waals surface area contributed by atoms with Crippen LogP contribution in [0.4, 0.5) is 0 Å². The first-order chi connectivity index (χ1) is 8.26. The Bertz CT molecular complexity index is 372. The van der Waals surface area contributed by atoms with Crippen molar-refractivity contribution in [2.45, 2.75) is 52.0 Å². The van der Waals surface area contributed by atoms with E-state index in [4.69, 9.17) is 5.84 Å². The lowest BCUT2D eigenvalue weighted by Gasteiger charge is -2.24. The third kappa shape index (κ3) is 2.64. The van der Waals surface area contributed by atoms with Crippen LogP contribution in [0.15, 0.2) is 6.07 Å². The third-order valence-electron chi connectivity index (χ3n) is 3.75. The second-order valence-electron chi connectivity index (χ2n) is 4.93. The number of nitrogens with two attached hydrogens (primary N) is 1. The van der Waals surface area contributed by atoms with Crippen LogP contribution in [0, 0.1) is 12.8 Å². The zero-order valence-corrected chi connectivity index (χ0v) is 10.7. The van der Waals surface area contributed by atoms with Crippen molar-refractivity contribution in [3.63, 3.8) is 0 Å². The van der Waals surface area contributed by atoms with E-state index in [1.807, 2.05) is 6.92 Å². The lowest BCUT2D eigenvalue weighted by molar-refractivity contribution is 0.369. The third-order valence-corrected chi connectivity index (χ3v) is 3.75. The summed E-state index contributed by atoms with van der Waals surface area (Å²) < 4.78 is 0. The van der Waals surface area contributed by atoms with E-state index in [0.29, 0.717) is 5.92 Å². The molecule has 17 heavy (non-hydrogen) atoms. The summed E-state index contributed by atoms with van der Waals surface area (Å²) in [5, 5.41) is 8.43.